The third-order valence-corrected chi connectivity index (χ3v) is 6.77. The van der Waals surface area contributed by atoms with E-state index in [4.69, 9.17) is 4.84 Å². The highest BCUT2D eigenvalue weighted by Crippen LogP contribution is 2.38. The molecule has 5 heteroatoms. The molecule has 5 rings (SSSR count). The van der Waals surface area contributed by atoms with Gasteiger partial charge >= 0.3 is 0 Å². The second-order valence-electron chi connectivity index (χ2n) is 8.59. The number of amidine groups is 1. The van der Waals surface area contributed by atoms with E-state index in [-0.39, 0.29) is 18.0 Å². The fourth-order valence-electron chi connectivity index (χ4n) is 5.05. The van der Waals surface area contributed by atoms with Gasteiger partial charge in [-0.25, -0.2) is 4.39 Å². The van der Waals surface area contributed by atoms with Crippen LogP contribution in [0.15, 0.2) is 53.7 Å². The molecule has 1 fully saturated rings. The number of fused-ring (bicyclic) bond motifs is 1. The number of oxime groups is 1. The molecule has 3 aliphatic heterocycles. The molecular weight excluding hydrogens is 365 g/mol. The first-order valence-corrected chi connectivity index (χ1v) is 10.7. The Morgan fingerprint density at radius 2 is 1.76 bits per heavy atom. The molecule has 2 atom stereocenters. The molecular formula is C24H28FN3O. The first-order chi connectivity index (χ1) is 14.2. The Hall–Kier alpha value is -2.40. The van der Waals surface area contributed by atoms with Crippen molar-refractivity contribution in [1.82, 2.24) is 9.80 Å². The van der Waals surface area contributed by atoms with Gasteiger partial charge < -0.3 is 14.6 Å². The molecule has 0 radical (unpaired) electrons. The van der Waals surface area contributed by atoms with Crippen LogP contribution in [-0.4, -0.2) is 48.4 Å². The molecule has 1 unspecified atom stereocenters. The van der Waals surface area contributed by atoms with Crippen LogP contribution in [-0.2, 0) is 11.3 Å². The number of halogens is 1. The molecule has 0 amide bonds. The maximum Gasteiger partial charge on any atom is 0.149 e. The van der Waals surface area contributed by atoms with Crippen LogP contribution in [0.3, 0.4) is 0 Å². The lowest BCUT2D eigenvalue weighted by Gasteiger charge is -2.39. The summed E-state index contributed by atoms with van der Waals surface area (Å²) >= 11 is 0. The molecule has 0 N–H and O–H groups in total. The Morgan fingerprint density at radius 1 is 1.00 bits per heavy atom. The van der Waals surface area contributed by atoms with Gasteiger partial charge in [0.15, 0.2) is 0 Å². The maximum atomic E-state index is 13.6. The second-order valence-corrected chi connectivity index (χ2v) is 8.59. The fraction of sp³-hybridized carbons (Fsp3) is 0.458. The van der Waals surface area contributed by atoms with Gasteiger partial charge in [0.1, 0.15) is 17.8 Å². The number of hydrogen-bond donors (Lipinski definition) is 0. The zero-order chi connectivity index (χ0) is 19.8. The van der Waals surface area contributed by atoms with E-state index in [1.807, 2.05) is 12.1 Å². The Morgan fingerprint density at radius 3 is 2.55 bits per heavy atom. The van der Waals surface area contributed by atoms with Crippen LogP contribution in [0.1, 0.15) is 42.0 Å². The fourth-order valence-corrected chi connectivity index (χ4v) is 5.05. The van der Waals surface area contributed by atoms with Gasteiger partial charge in [-0.15, -0.1) is 0 Å². The number of hydrogen-bond acceptors (Lipinski definition) is 4. The van der Waals surface area contributed by atoms with Crippen LogP contribution in [0.4, 0.5) is 4.39 Å². The van der Waals surface area contributed by atoms with Crippen molar-refractivity contribution in [2.24, 2.45) is 11.1 Å². The predicted octanol–water partition coefficient (Wildman–Crippen LogP) is 4.22. The number of likely N-dealkylation sites (tertiary alicyclic amines) is 1. The zero-order valence-corrected chi connectivity index (χ0v) is 16.9. The van der Waals surface area contributed by atoms with E-state index in [1.54, 1.807) is 12.1 Å². The van der Waals surface area contributed by atoms with Crippen molar-refractivity contribution in [3.8, 4) is 0 Å². The summed E-state index contributed by atoms with van der Waals surface area (Å²) in [7, 11) is 2.19. The van der Waals surface area contributed by atoms with Gasteiger partial charge in [0, 0.05) is 18.9 Å². The van der Waals surface area contributed by atoms with Crippen LogP contribution in [0.2, 0.25) is 0 Å². The quantitative estimate of drug-likeness (QED) is 0.765. The summed E-state index contributed by atoms with van der Waals surface area (Å²) < 4.78 is 13.6. The van der Waals surface area contributed by atoms with Crippen LogP contribution in [0.25, 0.3) is 0 Å². The van der Waals surface area contributed by atoms with Gasteiger partial charge in [-0.3, -0.25) is 0 Å². The van der Waals surface area contributed by atoms with E-state index < -0.39 is 0 Å². The summed E-state index contributed by atoms with van der Waals surface area (Å²) in [5.74, 6) is 1.42. The highest BCUT2D eigenvalue weighted by atomic mass is 19.1. The molecule has 2 aromatic rings. The highest BCUT2D eigenvalue weighted by molar-refractivity contribution is 5.84. The van der Waals surface area contributed by atoms with Crippen molar-refractivity contribution in [1.29, 1.82) is 0 Å². The lowest BCUT2D eigenvalue weighted by molar-refractivity contribution is 0.0171. The summed E-state index contributed by atoms with van der Waals surface area (Å²) in [5.41, 5.74) is 3.75. The smallest absolute Gasteiger partial charge is 0.149 e. The number of benzene rings is 2. The van der Waals surface area contributed by atoms with Crippen molar-refractivity contribution in [3.63, 3.8) is 0 Å². The van der Waals surface area contributed by atoms with Crippen molar-refractivity contribution in [2.45, 2.75) is 37.8 Å². The standard InChI is InChI=1S/C24H28FN3O/c1-27-13-10-18(11-14-27)22-16-23(26-29-22)28-15-12-17-4-2-3-5-21(17)24(28)19-6-8-20(25)9-7-19/h2-9,18,22,24H,10-16H2,1H3/t22?,24-/m0/s1. The summed E-state index contributed by atoms with van der Waals surface area (Å²) in [5, 5.41) is 4.56. The first kappa shape index (κ1) is 18.6. The van der Waals surface area contributed by atoms with Crippen LogP contribution in [0.5, 0.6) is 0 Å². The number of rotatable bonds is 2. The molecule has 0 saturated carbocycles. The Labute approximate surface area is 171 Å². The van der Waals surface area contributed by atoms with Gasteiger partial charge in [-0.2, -0.15) is 0 Å². The van der Waals surface area contributed by atoms with E-state index in [0.717, 1.165) is 43.9 Å². The van der Waals surface area contributed by atoms with E-state index in [1.165, 1.54) is 24.0 Å². The summed E-state index contributed by atoms with van der Waals surface area (Å²) in [6, 6.07) is 15.6. The predicted molar refractivity (Wildman–Crippen MR) is 112 cm³/mol. The van der Waals surface area contributed by atoms with E-state index in [0.29, 0.717) is 5.92 Å². The minimum Gasteiger partial charge on any atom is -0.390 e. The second kappa shape index (κ2) is 7.79. The van der Waals surface area contributed by atoms with E-state index in [2.05, 4.69) is 46.3 Å². The van der Waals surface area contributed by atoms with Crippen LogP contribution < -0.4 is 0 Å². The molecule has 152 valence electrons. The Balaban J connectivity index is 1.41. The van der Waals surface area contributed by atoms with Crippen LogP contribution >= 0.6 is 0 Å². The molecule has 4 nitrogen and oxygen atoms in total. The molecule has 0 aliphatic carbocycles. The average molecular weight is 394 g/mol. The monoisotopic (exact) mass is 393 g/mol. The Bertz CT molecular complexity index is 889. The van der Waals surface area contributed by atoms with Gasteiger partial charge in [0.2, 0.25) is 0 Å². The molecule has 29 heavy (non-hydrogen) atoms. The lowest BCUT2D eigenvalue weighted by Crippen LogP contribution is -2.41. The zero-order valence-electron chi connectivity index (χ0n) is 16.9. The summed E-state index contributed by atoms with van der Waals surface area (Å²) in [4.78, 5) is 10.7. The van der Waals surface area contributed by atoms with E-state index in [9.17, 15) is 4.39 Å². The molecule has 1 saturated heterocycles. The minimum atomic E-state index is -0.201. The molecule has 0 bridgehead atoms. The SMILES string of the molecule is CN1CCC(C2CC(N3CCc4ccccc4[C@@H]3c3ccc(F)cc3)=NO2)CC1. The molecule has 3 aliphatic rings. The first-order valence-electron chi connectivity index (χ1n) is 10.7. The highest BCUT2D eigenvalue weighted by Gasteiger charge is 2.37. The Kier molecular flexibility index (Phi) is 5.00. The number of piperidine rings is 1. The van der Waals surface area contributed by atoms with Gasteiger partial charge in [-0.1, -0.05) is 41.6 Å². The third-order valence-electron chi connectivity index (χ3n) is 6.77. The molecule has 2 aromatic carbocycles. The molecule has 0 aromatic heterocycles. The van der Waals surface area contributed by atoms with Gasteiger partial charge in [0.25, 0.3) is 0 Å². The minimum absolute atomic E-state index is 0.0548. The summed E-state index contributed by atoms with van der Waals surface area (Å²) in [6.45, 7) is 3.17. The van der Waals surface area contributed by atoms with Crippen molar-refractivity contribution in [3.05, 3.63) is 71.0 Å². The lowest BCUT2D eigenvalue weighted by atomic mass is 9.86. The van der Waals surface area contributed by atoms with Gasteiger partial charge in [0.05, 0.1) is 6.04 Å². The molecule has 3 heterocycles. The number of nitrogens with zero attached hydrogens (tertiary/aromatic N) is 3. The van der Waals surface area contributed by atoms with E-state index >= 15 is 0 Å². The van der Waals surface area contributed by atoms with Crippen LogP contribution in [0, 0.1) is 11.7 Å². The topological polar surface area (TPSA) is 28.1 Å². The summed E-state index contributed by atoms with van der Waals surface area (Å²) in [6.07, 6.45) is 4.40. The van der Waals surface area contributed by atoms with Crippen molar-refractivity contribution in [2.75, 3.05) is 26.7 Å². The van der Waals surface area contributed by atoms with Crippen molar-refractivity contribution < 1.29 is 9.23 Å². The third kappa shape index (κ3) is 3.64. The largest absolute Gasteiger partial charge is 0.390 e. The molecule has 0 spiro atoms. The van der Waals surface area contributed by atoms with Gasteiger partial charge in [-0.05, 0) is 68.2 Å². The van der Waals surface area contributed by atoms with Crippen molar-refractivity contribution >= 4 is 5.84 Å². The average Bonchev–Trinajstić information content (AvgIpc) is 3.24. The maximum absolute atomic E-state index is 13.6. The normalized spacial score (nSPS) is 25.4.